The van der Waals surface area contributed by atoms with E-state index in [0.717, 1.165) is 21.8 Å². The molecule has 3 rings (SSSR count). The second-order valence-corrected chi connectivity index (χ2v) is 8.34. The van der Waals surface area contributed by atoms with Crippen molar-refractivity contribution < 1.29 is 18.5 Å². The molecule has 1 saturated heterocycles. The zero-order valence-corrected chi connectivity index (χ0v) is 16.4. The molecule has 6 heteroatoms. The highest BCUT2D eigenvalue weighted by molar-refractivity contribution is 7.99. The van der Waals surface area contributed by atoms with E-state index in [-0.39, 0.29) is 29.0 Å². The summed E-state index contributed by atoms with van der Waals surface area (Å²) < 4.78 is 26.3. The summed E-state index contributed by atoms with van der Waals surface area (Å²) in [4.78, 5) is 16.0. The van der Waals surface area contributed by atoms with Gasteiger partial charge in [-0.15, -0.1) is 11.8 Å². The SMILES string of the molecule is CC(C)[NH+](CC(=O)N1CCS[C@H]1c1ccc(F)cc1)Cc1ccc(F)cc1. The Hall–Kier alpha value is -1.92. The Morgan fingerprint density at radius 1 is 1.11 bits per heavy atom. The summed E-state index contributed by atoms with van der Waals surface area (Å²) in [7, 11) is 0. The molecular weight excluding hydrogens is 366 g/mol. The van der Waals surface area contributed by atoms with Crippen LogP contribution in [0.1, 0.15) is 30.3 Å². The molecule has 2 aromatic rings. The molecule has 3 nitrogen and oxygen atoms in total. The number of nitrogens with one attached hydrogen (secondary N) is 1. The van der Waals surface area contributed by atoms with Crippen molar-refractivity contribution in [1.29, 1.82) is 0 Å². The number of quaternary nitrogens is 1. The first-order valence-corrected chi connectivity index (χ1v) is 10.2. The van der Waals surface area contributed by atoms with Gasteiger partial charge in [-0.25, -0.2) is 8.78 Å². The number of carbonyl (C=O) groups excluding carboxylic acids is 1. The van der Waals surface area contributed by atoms with Crippen molar-refractivity contribution >= 4 is 17.7 Å². The average molecular weight is 392 g/mol. The number of rotatable bonds is 6. The van der Waals surface area contributed by atoms with Crippen LogP contribution >= 0.6 is 11.8 Å². The van der Waals surface area contributed by atoms with Gasteiger partial charge >= 0.3 is 0 Å². The number of benzene rings is 2. The second kappa shape index (κ2) is 8.85. The van der Waals surface area contributed by atoms with Gasteiger partial charge in [0, 0.05) is 17.9 Å². The van der Waals surface area contributed by atoms with Crippen LogP contribution in [0.25, 0.3) is 0 Å². The number of amides is 1. The average Bonchev–Trinajstić information content (AvgIpc) is 3.13. The lowest BCUT2D eigenvalue weighted by atomic mass is 10.1. The molecule has 1 unspecified atom stereocenters. The Morgan fingerprint density at radius 2 is 1.70 bits per heavy atom. The molecule has 1 N–H and O–H groups in total. The minimum Gasteiger partial charge on any atom is -0.321 e. The van der Waals surface area contributed by atoms with Crippen LogP contribution in [0.2, 0.25) is 0 Å². The fraction of sp³-hybridized carbons (Fsp3) is 0.381. The highest BCUT2D eigenvalue weighted by Crippen LogP contribution is 2.37. The van der Waals surface area contributed by atoms with Gasteiger partial charge in [0.05, 0.1) is 6.04 Å². The lowest BCUT2D eigenvalue weighted by molar-refractivity contribution is -0.927. The summed E-state index contributed by atoms with van der Waals surface area (Å²) in [5.41, 5.74) is 1.97. The Balaban J connectivity index is 1.69. The van der Waals surface area contributed by atoms with E-state index >= 15 is 0 Å². The summed E-state index contributed by atoms with van der Waals surface area (Å²) in [5.74, 6) is 0.453. The largest absolute Gasteiger partial charge is 0.321 e. The third-order valence-electron chi connectivity index (χ3n) is 4.91. The molecule has 0 saturated carbocycles. The Kier molecular flexibility index (Phi) is 6.50. The molecule has 0 radical (unpaired) electrons. The maximum Gasteiger partial charge on any atom is 0.278 e. The van der Waals surface area contributed by atoms with Gasteiger partial charge in [-0.05, 0) is 43.7 Å². The quantitative estimate of drug-likeness (QED) is 0.819. The standard InChI is InChI=1S/C21H24F2N2OS/c1-15(2)24(13-16-3-7-18(22)8-4-16)14-20(26)25-11-12-27-21(25)17-5-9-19(23)10-6-17/h3-10,15,21H,11-14H2,1-2H3/p+1/t21-/m0/s1. The zero-order chi connectivity index (χ0) is 19.4. The van der Waals surface area contributed by atoms with Crippen molar-refractivity contribution in [3.8, 4) is 0 Å². The van der Waals surface area contributed by atoms with Crippen LogP contribution in [-0.4, -0.2) is 35.7 Å². The minimum atomic E-state index is -0.269. The lowest BCUT2D eigenvalue weighted by Crippen LogP contribution is -3.14. The van der Waals surface area contributed by atoms with E-state index in [9.17, 15) is 13.6 Å². The Bertz CT molecular complexity index is 765. The summed E-state index contributed by atoms with van der Waals surface area (Å²) in [6.45, 7) is 5.93. The van der Waals surface area contributed by atoms with Crippen molar-refractivity contribution in [2.24, 2.45) is 0 Å². The zero-order valence-electron chi connectivity index (χ0n) is 15.6. The molecule has 1 fully saturated rings. The molecule has 1 amide bonds. The molecule has 1 aliphatic rings. The first kappa shape index (κ1) is 19.8. The first-order valence-electron chi connectivity index (χ1n) is 9.19. The van der Waals surface area contributed by atoms with Crippen LogP contribution in [0.5, 0.6) is 0 Å². The van der Waals surface area contributed by atoms with Gasteiger partial charge in [0.15, 0.2) is 6.54 Å². The van der Waals surface area contributed by atoms with Crippen LogP contribution in [-0.2, 0) is 11.3 Å². The van der Waals surface area contributed by atoms with Gasteiger partial charge in [-0.2, -0.15) is 0 Å². The van der Waals surface area contributed by atoms with Gasteiger partial charge in [-0.1, -0.05) is 24.3 Å². The first-order chi connectivity index (χ1) is 12.9. The Labute approximate surface area is 163 Å². The number of thioether (sulfide) groups is 1. The molecule has 0 spiro atoms. The van der Waals surface area contributed by atoms with Gasteiger partial charge in [0.25, 0.3) is 5.91 Å². The number of hydrogen-bond acceptors (Lipinski definition) is 2. The lowest BCUT2D eigenvalue weighted by Gasteiger charge is -2.28. The maximum absolute atomic E-state index is 13.2. The van der Waals surface area contributed by atoms with E-state index in [1.54, 1.807) is 36.0 Å². The van der Waals surface area contributed by atoms with Crippen molar-refractivity contribution in [1.82, 2.24) is 4.90 Å². The summed E-state index contributed by atoms with van der Waals surface area (Å²) in [6, 6.07) is 13.1. The summed E-state index contributed by atoms with van der Waals surface area (Å²) >= 11 is 1.71. The summed E-state index contributed by atoms with van der Waals surface area (Å²) in [5, 5.41) is -0.0580. The van der Waals surface area contributed by atoms with E-state index in [4.69, 9.17) is 0 Å². The van der Waals surface area contributed by atoms with Crippen molar-refractivity contribution in [3.63, 3.8) is 0 Å². The van der Waals surface area contributed by atoms with Crippen LogP contribution < -0.4 is 4.90 Å². The highest BCUT2D eigenvalue weighted by atomic mass is 32.2. The number of nitrogens with zero attached hydrogens (tertiary/aromatic N) is 1. The third-order valence-corrected chi connectivity index (χ3v) is 6.17. The topological polar surface area (TPSA) is 24.8 Å². The molecule has 144 valence electrons. The highest BCUT2D eigenvalue weighted by Gasteiger charge is 2.33. The molecule has 27 heavy (non-hydrogen) atoms. The monoisotopic (exact) mass is 391 g/mol. The smallest absolute Gasteiger partial charge is 0.278 e. The van der Waals surface area contributed by atoms with E-state index in [2.05, 4.69) is 13.8 Å². The van der Waals surface area contributed by atoms with Crippen molar-refractivity contribution in [2.45, 2.75) is 31.8 Å². The van der Waals surface area contributed by atoms with E-state index in [1.807, 2.05) is 4.90 Å². The normalized spacial score (nSPS) is 18.1. The fourth-order valence-electron chi connectivity index (χ4n) is 3.26. The maximum atomic E-state index is 13.2. The van der Waals surface area contributed by atoms with Crippen LogP contribution in [0.15, 0.2) is 48.5 Å². The molecule has 1 heterocycles. The fourth-order valence-corrected chi connectivity index (χ4v) is 4.54. The molecule has 0 aliphatic carbocycles. The molecule has 2 aromatic carbocycles. The Morgan fingerprint density at radius 3 is 2.30 bits per heavy atom. The van der Waals surface area contributed by atoms with Crippen molar-refractivity contribution in [3.05, 3.63) is 71.3 Å². The molecule has 0 aromatic heterocycles. The minimum absolute atomic E-state index is 0.0580. The third kappa shape index (κ3) is 5.08. The van der Waals surface area contributed by atoms with Gasteiger partial charge in [0.2, 0.25) is 0 Å². The molecule has 0 bridgehead atoms. The van der Waals surface area contributed by atoms with E-state index < -0.39 is 0 Å². The predicted molar refractivity (Wildman–Crippen MR) is 104 cm³/mol. The molecule has 1 aliphatic heterocycles. The second-order valence-electron chi connectivity index (χ2n) is 7.15. The van der Waals surface area contributed by atoms with Gasteiger partial charge < -0.3 is 9.80 Å². The summed E-state index contributed by atoms with van der Waals surface area (Å²) in [6.07, 6.45) is 0. The van der Waals surface area contributed by atoms with Gasteiger partial charge in [-0.3, -0.25) is 4.79 Å². The van der Waals surface area contributed by atoms with Crippen LogP contribution in [0.4, 0.5) is 8.78 Å². The molecular formula is C21H25F2N2OS+. The molecule has 2 atom stereocenters. The number of carbonyl (C=O) groups is 1. The number of hydrogen-bond donors (Lipinski definition) is 1. The van der Waals surface area contributed by atoms with E-state index in [0.29, 0.717) is 19.6 Å². The predicted octanol–water partition coefficient (Wildman–Crippen LogP) is 3.03. The van der Waals surface area contributed by atoms with Gasteiger partial charge in [0.1, 0.15) is 23.6 Å². The van der Waals surface area contributed by atoms with Crippen LogP contribution in [0, 0.1) is 11.6 Å². The van der Waals surface area contributed by atoms with Crippen molar-refractivity contribution in [2.75, 3.05) is 18.8 Å². The van der Waals surface area contributed by atoms with E-state index in [1.165, 1.54) is 24.3 Å². The number of halogens is 2. The van der Waals surface area contributed by atoms with Crippen LogP contribution in [0.3, 0.4) is 0 Å².